The number of nitrogens with one attached hydrogen (secondary N) is 1. The molecule has 0 amide bonds. The van der Waals surface area contributed by atoms with E-state index in [-0.39, 0.29) is 11.3 Å². The molecule has 1 N–H and O–H groups in total. The van der Waals surface area contributed by atoms with Crippen molar-refractivity contribution >= 4 is 5.78 Å². The van der Waals surface area contributed by atoms with Crippen LogP contribution in [-0.2, 0) is 4.79 Å². The molecule has 0 radical (unpaired) electrons. The second-order valence-electron chi connectivity index (χ2n) is 5.34. The highest BCUT2D eigenvalue weighted by atomic mass is 16.1. The Balaban J connectivity index is 1.94. The minimum Gasteiger partial charge on any atom is -0.302 e. The molecular weight excluding hydrogens is 174 g/mol. The average molecular weight is 191 g/mol. The van der Waals surface area contributed by atoms with E-state index in [9.17, 15) is 4.79 Å². The highest BCUT2D eigenvalue weighted by Gasteiger charge is 2.53. The molecule has 14 heavy (non-hydrogen) atoms. The van der Waals surface area contributed by atoms with Crippen LogP contribution < -0.4 is 5.32 Å². The van der Waals surface area contributed by atoms with Crippen LogP contribution in [0.2, 0.25) is 0 Å². The zero-order valence-corrected chi connectivity index (χ0v) is 8.46. The van der Waals surface area contributed by atoms with E-state index in [4.69, 9.17) is 0 Å². The molecule has 4 fully saturated rings. The van der Waals surface area contributed by atoms with Crippen LogP contribution in [0.3, 0.4) is 0 Å². The third-order valence-corrected chi connectivity index (χ3v) is 4.31. The maximum Gasteiger partial charge on any atom is 0.175 e. The van der Waals surface area contributed by atoms with E-state index < -0.39 is 0 Å². The predicted octanol–water partition coefficient (Wildman–Crippen LogP) is 1.66. The maximum atomic E-state index is 11.9. The van der Waals surface area contributed by atoms with Gasteiger partial charge in [0, 0.05) is 6.04 Å². The number of hydrogen-bond acceptors (Lipinski definition) is 2. The summed E-state index contributed by atoms with van der Waals surface area (Å²) in [6, 6.07) is 0.616. The monoisotopic (exact) mass is 191 g/mol. The van der Waals surface area contributed by atoms with Gasteiger partial charge in [-0.05, 0) is 50.0 Å². The second-order valence-corrected chi connectivity index (χ2v) is 5.34. The quantitative estimate of drug-likeness (QED) is 0.673. The lowest BCUT2D eigenvalue weighted by atomic mass is 9.58. The Morgan fingerprint density at radius 1 is 1.29 bits per heavy atom. The maximum absolute atomic E-state index is 11.9. The summed E-state index contributed by atoms with van der Waals surface area (Å²) in [6.45, 7) is 3.63. The molecular formula is C12H17NO. The first-order chi connectivity index (χ1) is 6.72. The summed E-state index contributed by atoms with van der Waals surface area (Å²) in [4.78, 5) is 11.9. The molecule has 2 nitrogen and oxygen atoms in total. The number of ketones is 1. The summed E-state index contributed by atoms with van der Waals surface area (Å²) in [5.74, 6) is 1.84. The molecule has 0 aromatic heterocycles. The Hall–Kier alpha value is -0.630. The molecule has 2 atom stereocenters. The van der Waals surface area contributed by atoms with Gasteiger partial charge in [-0.1, -0.05) is 6.58 Å². The zero-order valence-electron chi connectivity index (χ0n) is 8.46. The van der Waals surface area contributed by atoms with E-state index in [0.717, 1.165) is 24.7 Å². The number of carbonyl (C=O) groups is 1. The van der Waals surface area contributed by atoms with E-state index in [1.165, 1.54) is 25.3 Å². The van der Waals surface area contributed by atoms with Crippen molar-refractivity contribution in [3.05, 3.63) is 12.7 Å². The van der Waals surface area contributed by atoms with Gasteiger partial charge in [0.1, 0.15) is 0 Å². The van der Waals surface area contributed by atoms with E-state index in [2.05, 4.69) is 11.9 Å². The fourth-order valence-corrected chi connectivity index (χ4v) is 4.06. The van der Waals surface area contributed by atoms with Crippen molar-refractivity contribution in [2.24, 2.45) is 11.8 Å². The van der Waals surface area contributed by atoms with Crippen molar-refractivity contribution < 1.29 is 4.79 Å². The Bertz CT molecular complexity index is 259. The van der Waals surface area contributed by atoms with Gasteiger partial charge >= 0.3 is 0 Å². The molecule has 2 aliphatic carbocycles. The standard InChI is InChI=1S/C12H17NO/c1-2-11(14)12-6-8-3-9(7-12)5-10(4-8)13-12/h2,8-10,13H,1,3-7H2. The lowest BCUT2D eigenvalue weighted by Gasteiger charge is -2.56. The SMILES string of the molecule is C=CC(=O)C12CC3CC(CC(C3)N1)C2. The van der Waals surface area contributed by atoms with E-state index >= 15 is 0 Å². The summed E-state index contributed by atoms with van der Waals surface area (Å²) in [5.41, 5.74) is -0.198. The third-order valence-electron chi connectivity index (χ3n) is 4.31. The zero-order chi connectivity index (χ0) is 9.76. The Morgan fingerprint density at radius 2 is 1.93 bits per heavy atom. The Morgan fingerprint density at radius 3 is 2.43 bits per heavy atom. The van der Waals surface area contributed by atoms with Crippen molar-refractivity contribution in [2.45, 2.75) is 43.7 Å². The van der Waals surface area contributed by atoms with Crippen molar-refractivity contribution in [1.82, 2.24) is 5.32 Å². The lowest BCUT2D eigenvalue weighted by Crippen LogP contribution is -2.67. The summed E-state index contributed by atoms with van der Waals surface area (Å²) >= 11 is 0. The van der Waals surface area contributed by atoms with Gasteiger partial charge in [-0.2, -0.15) is 0 Å². The molecule has 2 saturated heterocycles. The van der Waals surface area contributed by atoms with Crippen LogP contribution in [0.1, 0.15) is 32.1 Å². The van der Waals surface area contributed by atoms with Gasteiger partial charge < -0.3 is 5.32 Å². The van der Waals surface area contributed by atoms with Crippen molar-refractivity contribution in [3.63, 3.8) is 0 Å². The molecule has 4 aliphatic rings. The van der Waals surface area contributed by atoms with Gasteiger partial charge in [0.25, 0.3) is 0 Å². The number of carbonyl (C=O) groups excluding carboxylic acids is 1. The smallest absolute Gasteiger partial charge is 0.175 e. The van der Waals surface area contributed by atoms with Gasteiger partial charge in [0.05, 0.1) is 5.54 Å². The molecule has 2 unspecified atom stereocenters. The molecule has 0 spiro atoms. The van der Waals surface area contributed by atoms with E-state index in [1.54, 1.807) is 0 Å². The van der Waals surface area contributed by atoms with Crippen LogP contribution in [0.5, 0.6) is 0 Å². The minimum atomic E-state index is -0.198. The molecule has 2 heterocycles. The molecule has 4 rings (SSSR count). The molecule has 0 aromatic carbocycles. The van der Waals surface area contributed by atoms with Crippen LogP contribution in [0.4, 0.5) is 0 Å². The first-order valence-corrected chi connectivity index (χ1v) is 5.66. The van der Waals surface area contributed by atoms with Crippen molar-refractivity contribution in [1.29, 1.82) is 0 Å². The van der Waals surface area contributed by atoms with Crippen LogP contribution in [0.15, 0.2) is 12.7 Å². The summed E-state index contributed by atoms with van der Waals surface area (Å²) in [6.07, 6.45) is 7.59. The Labute approximate surface area is 84.8 Å². The summed E-state index contributed by atoms with van der Waals surface area (Å²) < 4.78 is 0. The minimum absolute atomic E-state index is 0.198. The van der Waals surface area contributed by atoms with Gasteiger partial charge in [-0.15, -0.1) is 0 Å². The fourth-order valence-electron chi connectivity index (χ4n) is 4.06. The lowest BCUT2D eigenvalue weighted by molar-refractivity contribution is -0.129. The molecule has 2 saturated carbocycles. The predicted molar refractivity (Wildman–Crippen MR) is 54.9 cm³/mol. The highest BCUT2D eigenvalue weighted by Crippen LogP contribution is 2.49. The number of rotatable bonds is 2. The van der Waals surface area contributed by atoms with Gasteiger partial charge in [0.2, 0.25) is 0 Å². The summed E-state index contributed by atoms with van der Waals surface area (Å²) in [7, 11) is 0. The fraction of sp³-hybridized carbons (Fsp3) is 0.750. The molecule has 4 bridgehead atoms. The normalized spacial score (nSPS) is 49.3. The van der Waals surface area contributed by atoms with Crippen molar-refractivity contribution in [2.75, 3.05) is 0 Å². The van der Waals surface area contributed by atoms with Gasteiger partial charge in [0.15, 0.2) is 5.78 Å². The largest absolute Gasteiger partial charge is 0.302 e. The Kier molecular flexibility index (Phi) is 1.67. The highest BCUT2D eigenvalue weighted by molar-refractivity contribution is 5.97. The van der Waals surface area contributed by atoms with E-state index in [1.807, 2.05) is 0 Å². The van der Waals surface area contributed by atoms with Crippen molar-refractivity contribution in [3.8, 4) is 0 Å². The number of piperidine rings is 2. The molecule has 2 aliphatic heterocycles. The van der Waals surface area contributed by atoms with Gasteiger partial charge in [-0.25, -0.2) is 0 Å². The van der Waals surface area contributed by atoms with Gasteiger partial charge in [-0.3, -0.25) is 4.79 Å². The summed E-state index contributed by atoms with van der Waals surface area (Å²) in [5, 5.41) is 3.56. The van der Waals surface area contributed by atoms with Crippen LogP contribution >= 0.6 is 0 Å². The van der Waals surface area contributed by atoms with Crippen LogP contribution in [0.25, 0.3) is 0 Å². The average Bonchev–Trinajstić information content (AvgIpc) is 2.14. The topological polar surface area (TPSA) is 29.1 Å². The van der Waals surface area contributed by atoms with E-state index in [0.29, 0.717) is 6.04 Å². The number of hydrogen-bond donors (Lipinski definition) is 1. The second kappa shape index (κ2) is 2.69. The molecule has 2 heteroatoms. The third kappa shape index (κ3) is 1.04. The first kappa shape index (κ1) is 8.66. The molecule has 0 aromatic rings. The van der Waals surface area contributed by atoms with Crippen LogP contribution in [0, 0.1) is 11.8 Å². The molecule has 76 valence electrons. The van der Waals surface area contributed by atoms with Crippen LogP contribution in [-0.4, -0.2) is 17.4 Å². The first-order valence-electron chi connectivity index (χ1n) is 5.66.